The fourth-order valence-electron chi connectivity index (χ4n) is 2.07. The predicted octanol–water partition coefficient (Wildman–Crippen LogP) is 2.32. The van der Waals surface area contributed by atoms with Crippen molar-refractivity contribution in [2.45, 2.75) is 12.8 Å². The molecule has 0 unspecified atom stereocenters. The Balaban J connectivity index is 2.47. The molecule has 1 aromatic rings. The van der Waals surface area contributed by atoms with Crippen LogP contribution in [0.2, 0.25) is 0 Å². The minimum atomic E-state index is -1.42. The average molecular weight is 298 g/mol. The molecule has 0 aromatic heterocycles. The molecule has 0 amide bonds. The third-order valence-corrected chi connectivity index (χ3v) is 3.52. The monoisotopic (exact) mass is 297 g/mol. The van der Waals surface area contributed by atoms with E-state index in [9.17, 15) is 9.59 Å². The summed E-state index contributed by atoms with van der Waals surface area (Å²) in [6.45, 7) is 1.74. The van der Waals surface area contributed by atoms with Gasteiger partial charge in [0, 0.05) is 23.2 Å². The fraction of sp³-hybridized carbons (Fsp3) is 0.333. The van der Waals surface area contributed by atoms with E-state index in [1.165, 1.54) is 0 Å². The van der Waals surface area contributed by atoms with Crippen molar-refractivity contribution in [2.75, 3.05) is 18.0 Å². The van der Waals surface area contributed by atoms with Crippen LogP contribution in [0.1, 0.15) is 23.2 Å². The smallest absolute Gasteiger partial charge is 0.377 e. The van der Waals surface area contributed by atoms with Crippen LogP contribution >= 0.6 is 15.9 Å². The van der Waals surface area contributed by atoms with E-state index in [1.54, 1.807) is 12.1 Å². The van der Waals surface area contributed by atoms with Gasteiger partial charge in [0.2, 0.25) is 0 Å². The van der Waals surface area contributed by atoms with Gasteiger partial charge in [0.25, 0.3) is 5.78 Å². The highest BCUT2D eigenvalue weighted by atomic mass is 79.9. The SMILES string of the molecule is O=C(O)C(=O)c1c(Br)cccc1N1CCCC1. The second-order valence-electron chi connectivity index (χ2n) is 3.96. The van der Waals surface area contributed by atoms with E-state index < -0.39 is 11.8 Å². The third kappa shape index (κ3) is 2.34. The van der Waals surface area contributed by atoms with Gasteiger partial charge in [-0.15, -0.1) is 0 Å². The van der Waals surface area contributed by atoms with E-state index in [2.05, 4.69) is 20.8 Å². The Morgan fingerprint density at radius 2 is 1.88 bits per heavy atom. The number of nitrogens with zero attached hydrogens (tertiary/aromatic N) is 1. The van der Waals surface area contributed by atoms with Crippen molar-refractivity contribution in [1.82, 2.24) is 0 Å². The van der Waals surface area contributed by atoms with E-state index in [0.717, 1.165) is 25.9 Å². The van der Waals surface area contributed by atoms with Crippen LogP contribution in [0.25, 0.3) is 0 Å². The van der Waals surface area contributed by atoms with Gasteiger partial charge in [-0.2, -0.15) is 0 Å². The van der Waals surface area contributed by atoms with Crippen molar-refractivity contribution in [2.24, 2.45) is 0 Å². The maximum absolute atomic E-state index is 11.7. The van der Waals surface area contributed by atoms with E-state index >= 15 is 0 Å². The normalized spacial score (nSPS) is 15.0. The summed E-state index contributed by atoms with van der Waals surface area (Å²) in [5.74, 6) is -2.28. The lowest BCUT2D eigenvalue weighted by Crippen LogP contribution is -2.23. The number of benzene rings is 1. The van der Waals surface area contributed by atoms with Crippen LogP contribution in [0.3, 0.4) is 0 Å². The predicted molar refractivity (Wildman–Crippen MR) is 67.6 cm³/mol. The largest absolute Gasteiger partial charge is 0.475 e. The van der Waals surface area contributed by atoms with E-state index in [-0.39, 0.29) is 5.56 Å². The number of Topliss-reactive ketones (excluding diaryl/α,β-unsaturated/α-hetero) is 1. The maximum Gasteiger partial charge on any atom is 0.377 e. The number of carbonyl (C=O) groups excluding carboxylic acids is 1. The molecule has 90 valence electrons. The summed E-state index contributed by atoms with van der Waals surface area (Å²) in [7, 11) is 0. The molecule has 0 atom stereocenters. The molecule has 0 bridgehead atoms. The Kier molecular flexibility index (Phi) is 3.47. The Morgan fingerprint density at radius 3 is 2.47 bits per heavy atom. The van der Waals surface area contributed by atoms with Crippen molar-refractivity contribution in [1.29, 1.82) is 0 Å². The molecular formula is C12H12BrNO3. The lowest BCUT2D eigenvalue weighted by molar-refractivity contribution is -0.131. The summed E-state index contributed by atoms with van der Waals surface area (Å²) >= 11 is 3.25. The van der Waals surface area contributed by atoms with Crippen molar-refractivity contribution in [3.8, 4) is 0 Å². The zero-order valence-electron chi connectivity index (χ0n) is 9.15. The van der Waals surface area contributed by atoms with Gasteiger partial charge < -0.3 is 10.0 Å². The zero-order valence-corrected chi connectivity index (χ0v) is 10.7. The average Bonchev–Trinajstić information content (AvgIpc) is 2.81. The number of carbonyl (C=O) groups is 2. The molecule has 2 rings (SSSR count). The minimum Gasteiger partial charge on any atom is -0.475 e. The van der Waals surface area contributed by atoms with Crippen LogP contribution in [-0.4, -0.2) is 29.9 Å². The molecule has 17 heavy (non-hydrogen) atoms. The van der Waals surface area contributed by atoms with Crippen molar-refractivity contribution in [3.63, 3.8) is 0 Å². The standard InChI is InChI=1S/C12H12BrNO3/c13-8-4-3-5-9(14-6-1-2-7-14)10(8)11(15)12(16)17/h3-5H,1-2,6-7H2,(H,16,17). The van der Waals surface area contributed by atoms with E-state index in [1.807, 2.05) is 6.07 Å². The Hall–Kier alpha value is -1.36. The molecule has 0 spiro atoms. The Morgan fingerprint density at radius 1 is 1.24 bits per heavy atom. The lowest BCUT2D eigenvalue weighted by atomic mass is 10.1. The number of hydrogen-bond acceptors (Lipinski definition) is 3. The highest BCUT2D eigenvalue weighted by molar-refractivity contribution is 9.10. The molecule has 1 aromatic carbocycles. The molecule has 1 aliphatic rings. The number of carboxylic acid groups (broad SMARTS) is 1. The highest BCUT2D eigenvalue weighted by Crippen LogP contribution is 2.30. The highest BCUT2D eigenvalue weighted by Gasteiger charge is 2.25. The maximum atomic E-state index is 11.7. The van der Waals surface area contributed by atoms with Gasteiger partial charge in [-0.3, -0.25) is 4.79 Å². The van der Waals surface area contributed by atoms with Crippen LogP contribution < -0.4 is 4.90 Å². The van der Waals surface area contributed by atoms with Gasteiger partial charge in [0.05, 0.1) is 5.56 Å². The van der Waals surface area contributed by atoms with Gasteiger partial charge in [0.15, 0.2) is 0 Å². The third-order valence-electron chi connectivity index (χ3n) is 2.86. The number of rotatable bonds is 3. The Bertz CT molecular complexity index is 467. The van der Waals surface area contributed by atoms with Gasteiger partial charge in [-0.25, -0.2) is 4.79 Å². The lowest BCUT2D eigenvalue weighted by Gasteiger charge is -2.20. The zero-order chi connectivity index (χ0) is 12.4. The molecule has 0 radical (unpaired) electrons. The molecule has 1 fully saturated rings. The molecule has 1 aliphatic heterocycles. The van der Waals surface area contributed by atoms with Crippen LogP contribution in [0, 0.1) is 0 Å². The number of ketones is 1. The second-order valence-corrected chi connectivity index (χ2v) is 4.82. The number of anilines is 1. The van der Waals surface area contributed by atoms with Crippen LogP contribution in [-0.2, 0) is 4.79 Å². The minimum absolute atomic E-state index is 0.252. The van der Waals surface area contributed by atoms with Gasteiger partial charge in [-0.1, -0.05) is 6.07 Å². The Labute approximate surface area is 107 Å². The summed E-state index contributed by atoms with van der Waals surface area (Å²) in [6.07, 6.45) is 2.15. The van der Waals surface area contributed by atoms with Crippen LogP contribution in [0.5, 0.6) is 0 Å². The molecule has 5 heteroatoms. The van der Waals surface area contributed by atoms with Crippen molar-refractivity contribution < 1.29 is 14.7 Å². The topological polar surface area (TPSA) is 57.6 Å². The molecule has 1 heterocycles. The van der Waals surface area contributed by atoms with Gasteiger partial charge >= 0.3 is 5.97 Å². The molecular weight excluding hydrogens is 286 g/mol. The number of hydrogen-bond donors (Lipinski definition) is 1. The second kappa shape index (κ2) is 4.87. The first-order chi connectivity index (χ1) is 8.11. The molecule has 4 nitrogen and oxygen atoms in total. The first-order valence-electron chi connectivity index (χ1n) is 5.42. The van der Waals surface area contributed by atoms with Crippen molar-refractivity contribution in [3.05, 3.63) is 28.2 Å². The molecule has 1 saturated heterocycles. The number of aliphatic carboxylic acids is 1. The van der Waals surface area contributed by atoms with Gasteiger partial charge in [-0.05, 0) is 40.9 Å². The summed E-state index contributed by atoms with van der Waals surface area (Å²) in [6, 6.07) is 5.30. The van der Waals surface area contributed by atoms with Crippen molar-refractivity contribution >= 4 is 33.4 Å². The fourth-order valence-corrected chi connectivity index (χ4v) is 2.60. The van der Waals surface area contributed by atoms with E-state index in [0.29, 0.717) is 10.2 Å². The summed E-state index contributed by atoms with van der Waals surface area (Å²) < 4.78 is 0.536. The van der Waals surface area contributed by atoms with Crippen LogP contribution in [0.4, 0.5) is 5.69 Å². The van der Waals surface area contributed by atoms with Crippen LogP contribution in [0.15, 0.2) is 22.7 Å². The first kappa shape index (κ1) is 12.1. The first-order valence-corrected chi connectivity index (χ1v) is 6.21. The van der Waals surface area contributed by atoms with Gasteiger partial charge in [0.1, 0.15) is 0 Å². The number of halogens is 1. The number of carboxylic acids is 1. The molecule has 1 N–H and O–H groups in total. The van der Waals surface area contributed by atoms with E-state index in [4.69, 9.17) is 5.11 Å². The summed E-state index contributed by atoms with van der Waals surface area (Å²) in [4.78, 5) is 24.6. The quantitative estimate of drug-likeness (QED) is 0.687. The molecule has 0 saturated carbocycles. The summed E-state index contributed by atoms with van der Waals surface area (Å²) in [5, 5.41) is 8.84. The molecule has 0 aliphatic carbocycles. The summed E-state index contributed by atoms with van der Waals surface area (Å²) in [5.41, 5.74) is 0.964.